The molecule has 0 aromatic heterocycles. The van der Waals surface area contributed by atoms with Crippen molar-refractivity contribution in [3.05, 3.63) is 24.3 Å². The standard InChI is InChI=1S/C16H23NO3S/c1-4-20-15(18)16(17-2)10-9-14(11-16)21-13-7-5-12(19-3)6-8-13/h5-8,14,17H,4,9-11H2,1-3H3. The molecule has 0 amide bonds. The Morgan fingerprint density at radius 3 is 2.71 bits per heavy atom. The van der Waals surface area contributed by atoms with Crippen molar-refractivity contribution in [1.82, 2.24) is 5.32 Å². The van der Waals surface area contributed by atoms with Crippen LogP contribution in [0.25, 0.3) is 0 Å². The second-order valence-electron chi connectivity index (χ2n) is 5.21. The molecule has 0 spiro atoms. The molecule has 116 valence electrons. The van der Waals surface area contributed by atoms with E-state index in [1.807, 2.05) is 37.9 Å². The highest BCUT2D eigenvalue weighted by molar-refractivity contribution is 8.00. The van der Waals surface area contributed by atoms with Crippen LogP contribution >= 0.6 is 11.8 Å². The summed E-state index contributed by atoms with van der Waals surface area (Å²) in [5.41, 5.74) is -0.514. The Hall–Kier alpha value is -1.20. The summed E-state index contributed by atoms with van der Waals surface area (Å²) in [6.45, 7) is 2.28. The van der Waals surface area contributed by atoms with Crippen LogP contribution in [0.2, 0.25) is 0 Å². The minimum Gasteiger partial charge on any atom is -0.497 e. The van der Waals surface area contributed by atoms with Gasteiger partial charge in [0, 0.05) is 10.1 Å². The summed E-state index contributed by atoms with van der Waals surface area (Å²) in [7, 11) is 3.51. The van der Waals surface area contributed by atoms with Crippen LogP contribution in [0.4, 0.5) is 0 Å². The van der Waals surface area contributed by atoms with Gasteiger partial charge < -0.3 is 14.8 Å². The van der Waals surface area contributed by atoms with Crippen LogP contribution in [-0.2, 0) is 9.53 Å². The van der Waals surface area contributed by atoms with Gasteiger partial charge in [0.1, 0.15) is 11.3 Å². The number of methoxy groups -OCH3 is 1. The molecule has 0 bridgehead atoms. The van der Waals surface area contributed by atoms with Crippen LogP contribution in [0.5, 0.6) is 5.75 Å². The molecular weight excluding hydrogens is 286 g/mol. The summed E-state index contributed by atoms with van der Waals surface area (Å²) in [5, 5.41) is 3.61. The van der Waals surface area contributed by atoms with Crippen LogP contribution in [0.1, 0.15) is 26.2 Å². The zero-order valence-electron chi connectivity index (χ0n) is 12.8. The molecule has 0 radical (unpaired) electrons. The molecule has 1 aromatic rings. The van der Waals surface area contributed by atoms with E-state index in [1.165, 1.54) is 4.90 Å². The first kappa shape index (κ1) is 16.2. The van der Waals surface area contributed by atoms with E-state index < -0.39 is 5.54 Å². The second-order valence-corrected chi connectivity index (χ2v) is 6.58. The lowest BCUT2D eigenvalue weighted by Gasteiger charge is -2.26. The van der Waals surface area contributed by atoms with Gasteiger partial charge in [-0.1, -0.05) is 0 Å². The van der Waals surface area contributed by atoms with Gasteiger partial charge in [-0.25, -0.2) is 0 Å². The normalized spacial score (nSPS) is 24.8. The first-order valence-corrected chi connectivity index (χ1v) is 8.18. The van der Waals surface area contributed by atoms with E-state index in [0.29, 0.717) is 11.9 Å². The molecule has 1 saturated carbocycles. The fourth-order valence-corrected chi connectivity index (χ4v) is 4.01. The Morgan fingerprint density at radius 1 is 1.43 bits per heavy atom. The second kappa shape index (κ2) is 7.18. The molecule has 1 N–H and O–H groups in total. The number of thioether (sulfide) groups is 1. The minimum atomic E-state index is -0.514. The van der Waals surface area contributed by atoms with Gasteiger partial charge in [0.25, 0.3) is 0 Å². The van der Waals surface area contributed by atoms with Gasteiger partial charge in [-0.15, -0.1) is 11.8 Å². The third-order valence-corrected chi connectivity index (χ3v) is 5.26. The largest absolute Gasteiger partial charge is 0.497 e. The van der Waals surface area contributed by atoms with E-state index in [-0.39, 0.29) is 5.97 Å². The number of nitrogens with one attached hydrogen (secondary N) is 1. The number of benzene rings is 1. The summed E-state index contributed by atoms with van der Waals surface area (Å²) < 4.78 is 10.4. The summed E-state index contributed by atoms with van der Waals surface area (Å²) >= 11 is 1.82. The molecule has 1 aromatic carbocycles. The van der Waals surface area contributed by atoms with Crippen molar-refractivity contribution in [2.24, 2.45) is 0 Å². The fraction of sp³-hybridized carbons (Fsp3) is 0.562. The zero-order chi connectivity index (χ0) is 15.3. The van der Waals surface area contributed by atoms with E-state index in [4.69, 9.17) is 9.47 Å². The molecule has 1 fully saturated rings. The number of carbonyl (C=O) groups is 1. The molecule has 5 heteroatoms. The number of esters is 1. The van der Waals surface area contributed by atoms with E-state index >= 15 is 0 Å². The lowest BCUT2D eigenvalue weighted by molar-refractivity contribution is -0.150. The molecule has 1 aliphatic rings. The molecular formula is C16H23NO3S. The van der Waals surface area contributed by atoms with E-state index in [1.54, 1.807) is 7.11 Å². The van der Waals surface area contributed by atoms with Crippen molar-refractivity contribution < 1.29 is 14.3 Å². The lowest BCUT2D eigenvalue weighted by Crippen LogP contribution is -2.49. The number of likely N-dealkylation sites (N-methyl/N-ethyl adjacent to an activating group) is 1. The van der Waals surface area contributed by atoms with Gasteiger partial charge in [0.2, 0.25) is 0 Å². The highest BCUT2D eigenvalue weighted by Crippen LogP contribution is 2.41. The number of carbonyl (C=O) groups excluding carboxylic acids is 1. The Kier molecular flexibility index (Phi) is 5.53. The van der Waals surface area contributed by atoms with Crippen molar-refractivity contribution >= 4 is 17.7 Å². The van der Waals surface area contributed by atoms with Crippen molar-refractivity contribution in [2.75, 3.05) is 20.8 Å². The Balaban J connectivity index is 1.98. The van der Waals surface area contributed by atoms with Crippen molar-refractivity contribution in [2.45, 2.75) is 41.9 Å². The fourth-order valence-electron chi connectivity index (χ4n) is 2.73. The van der Waals surface area contributed by atoms with Crippen molar-refractivity contribution in [3.63, 3.8) is 0 Å². The molecule has 2 rings (SSSR count). The molecule has 0 aliphatic heterocycles. The molecule has 0 saturated heterocycles. The van der Waals surface area contributed by atoms with E-state index in [2.05, 4.69) is 17.4 Å². The van der Waals surface area contributed by atoms with Gasteiger partial charge in [-0.2, -0.15) is 0 Å². The predicted molar refractivity (Wildman–Crippen MR) is 84.9 cm³/mol. The maximum atomic E-state index is 12.2. The topological polar surface area (TPSA) is 47.6 Å². The highest BCUT2D eigenvalue weighted by atomic mass is 32.2. The molecule has 4 nitrogen and oxygen atoms in total. The first-order valence-electron chi connectivity index (χ1n) is 7.30. The summed E-state index contributed by atoms with van der Waals surface area (Å²) in [5.74, 6) is 0.743. The summed E-state index contributed by atoms with van der Waals surface area (Å²) in [4.78, 5) is 13.4. The van der Waals surface area contributed by atoms with Gasteiger partial charge >= 0.3 is 5.97 Å². The van der Waals surface area contributed by atoms with Crippen molar-refractivity contribution in [1.29, 1.82) is 0 Å². The first-order chi connectivity index (χ1) is 10.1. The third kappa shape index (κ3) is 3.71. The Bertz CT molecular complexity index is 477. The van der Waals surface area contributed by atoms with Crippen LogP contribution in [0, 0.1) is 0 Å². The average Bonchev–Trinajstić information content (AvgIpc) is 2.93. The average molecular weight is 309 g/mol. The number of hydrogen-bond donors (Lipinski definition) is 1. The van der Waals surface area contributed by atoms with Gasteiger partial charge in [-0.3, -0.25) is 4.79 Å². The van der Waals surface area contributed by atoms with E-state index in [9.17, 15) is 4.79 Å². The van der Waals surface area contributed by atoms with Crippen LogP contribution < -0.4 is 10.1 Å². The number of rotatable bonds is 6. The molecule has 2 atom stereocenters. The maximum absolute atomic E-state index is 12.2. The Labute approximate surface area is 130 Å². The van der Waals surface area contributed by atoms with Gasteiger partial charge in [0.05, 0.1) is 13.7 Å². The van der Waals surface area contributed by atoms with Crippen LogP contribution in [0.15, 0.2) is 29.2 Å². The zero-order valence-corrected chi connectivity index (χ0v) is 13.7. The van der Waals surface area contributed by atoms with Gasteiger partial charge in [-0.05, 0) is 57.5 Å². The smallest absolute Gasteiger partial charge is 0.326 e. The SMILES string of the molecule is CCOC(=O)C1(NC)CCC(Sc2ccc(OC)cc2)C1. The third-order valence-electron chi connectivity index (χ3n) is 3.98. The molecule has 0 heterocycles. The molecule has 2 unspecified atom stereocenters. The number of ether oxygens (including phenoxy) is 2. The van der Waals surface area contributed by atoms with Crippen LogP contribution in [0.3, 0.4) is 0 Å². The summed E-state index contributed by atoms with van der Waals surface area (Å²) in [6, 6.07) is 8.06. The molecule has 21 heavy (non-hydrogen) atoms. The maximum Gasteiger partial charge on any atom is 0.326 e. The van der Waals surface area contributed by atoms with E-state index in [0.717, 1.165) is 25.0 Å². The number of hydrogen-bond acceptors (Lipinski definition) is 5. The van der Waals surface area contributed by atoms with Crippen molar-refractivity contribution in [3.8, 4) is 5.75 Å². The monoisotopic (exact) mass is 309 g/mol. The van der Waals surface area contributed by atoms with Crippen LogP contribution in [-0.4, -0.2) is 37.5 Å². The predicted octanol–water partition coefficient (Wildman–Crippen LogP) is 2.86. The minimum absolute atomic E-state index is 0.120. The van der Waals surface area contributed by atoms with Gasteiger partial charge in [0.15, 0.2) is 0 Å². The Morgan fingerprint density at radius 2 is 2.14 bits per heavy atom. The quantitative estimate of drug-likeness (QED) is 0.819. The molecule has 1 aliphatic carbocycles. The summed E-state index contributed by atoms with van der Waals surface area (Å²) in [6.07, 6.45) is 2.64. The highest BCUT2D eigenvalue weighted by Gasteiger charge is 2.45. The lowest BCUT2D eigenvalue weighted by atomic mass is 9.98.